The molecule has 112 valence electrons. The van der Waals surface area contributed by atoms with Crippen molar-refractivity contribution in [3.05, 3.63) is 73.3 Å². The number of hydrogen-bond donors (Lipinski definition) is 1. The van der Waals surface area contributed by atoms with E-state index in [2.05, 4.69) is 18.5 Å². The van der Waals surface area contributed by atoms with E-state index in [4.69, 9.17) is 12.2 Å². The van der Waals surface area contributed by atoms with Gasteiger partial charge in [0.2, 0.25) is 0 Å². The van der Waals surface area contributed by atoms with E-state index >= 15 is 0 Å². The van der Waals surface area contributed by atoms with Crippen LogP contribution in [0.4, 0.5) is 4.79 Å². The highest BCUT2D eigenvalue weighted by atomic mass is 32.1. The minimum absolute atomic E-state index is 0.252. The van der Waals surface area contributed by atoms with Gasteiger partial charge in [-0.1, -0.05) is 66.8 Å². The summed E-state index contributed by atoms with van der Waals surface area (Å²) in [6.07, 6.45) is 3.34. The van der Waals surface area contributed by atoms with Crippen LogP contribution in [0.25, 0.3) is 10.8 Å². The van der Waals surface area contributed by atoms with Gasteiger partial charge in [-0.05, 0) is 10.8 Å². The zero-order valence-corrected chi connectivity index (χ0v) is 13.1. The molecule has 0 saturated heterocycles. The molecule has 0 bridgehead atoms. The molecule has 0 unspecified atom stereocenters. The molecule has 2 amide bonds. The van der Waals surface area contributed by atoms with E-state index in [1.54, 1.807) is 17.1 Å². The minimum atomic E-state index is -0.252. The van der Waals surface area contributed by atoms with Gasteiger partial charge in [0.1, 0.15) is 4.99 Å². The number of carbonyl (C=O) groups is 1. The van der Waals surface area contributed by atoms with Crippen LogP contribution in [0.5, 0.6) is 0 Å². The van der Waals surface area contributed by atoms with Gasteiger partial charge in [-0.15, -0.1) is 13.2 Å². The topological polar surface area (TPSA) is 32.3 Å². The third kappa shape index (κ3) is 3.59. The van der Waals surface area contributed by atoms with E-state index in [-0.39, 0.29) is 6.03 Å². The van der Waals surface area contributed by atoms with Crippen molar-refractivity contribution in [2.24, 2.45) is 0 Å². The van der Waals surface area contributed by atoms with E-state index in [0.717, 1.165) is 16.3 Å². The zero-order chi connectivity index (χ0) is 15.9. The molecule has 0 spiro atoms. The highest BCUT2D eigenvalue weighted by Gasteiger charge is 2.14. The number of rotatable bonds is 5. The maximum absolute atomic E-state index is 12.3. The Morgan fingerprint density at radius 3 is 2.41 bits per heavy atom. The van der Waals surface area contributed by atoms with Crippen LogP contribution in [-0.2, 0) is 0 Å². The molecule has 0 aliphatic rings. The molecule has 2 aromatic rings. The molecule has 0 heterocycles. The van der Waals surface area contributed by atoms with Crippen molar-refractivity contribution in [3.8, 4) is 0 Å². The zero-order valence-electron chi connectivity index (χ0n) is 12.3. The molecular formula is C18H18N2OS. The van der Waals surface area contributed by atoms with Crippen LogP contribution in [0, 0.1) is 0 Å². The number of hydrogen-bond acceptors (Lipinski definition) is 2. The average molecular weight is 310 g/mol. The molecule has 0 atom stereocenters. The Balaban J connectivity index is 2.22. The number of carbonyl (C=O) groups excluding carboxylic acids is 1. The van der Waals surface area contributed by atoms with Gasteiger partial charge in [0.25, 0.3) is 0 Å². The Kier molecular flexibility index (Phi) is 5.44. The van der Waals surface area contributed by atoms with E-state index < -0.39 is 0 Å². The number of nitrogens with one attached hydrogen (secondary N) is 1. The first-order chi connectivity index (χ1) is 10.7. The van der Waals surface area contributed by atoms with Gasteiger partial charge in [0, 0.05) is 18.7 Å². The summed E-state index contributed by atoms with van der Waals surface area (Å²) in [6, 6.07) is 13.6. The highest BCUT2D eigenvalue weighted by Crippen LogP contribution is 2.18. The van der Waals surface area contributed by atoms with Crippen LogP contribution in [0.3, 0.4) is 0 Å². The van der Waals surface area contributed by atoms with Gasteiger partial charge in [-0.3, -0.25) is 5.32 Å². The van der Waals surface area contributed by atoms with Crippen LogP contribution < -0.4 is 5.32 Å². The van der Waals surface area contributed by atoms with Crippen LogP contribution in [-0.4, -0.2) is 29.0 Å². The molecule has 2 rings (SSSR count). The molecule has 4 heteroatoms. The van der Waals surface area contributed by atoms with Crippen molar-refractivity contribution in [1.29, 1.82) is 0 Å². The second-order valence-corrected chi connectivity index (χ2v) is 5.18. The van der Waals surface area contributed by atoms with Gasteiger partial charge in [0.15, 0.2) is 0 Å². The Morgan fingerprint density at radius 1 is 1.09 bits per heavy atom. The molecule has 0 aromatic heterocycles. The summed E-state index contributed by atoms with van der Waals surface area (Å²) in [7, 11) is 0. The highest BCUT2D eigenvalue weighted by molar-refractivity contribution is 7.80. The first kappa shape index (κ1) is 15.9. The predicted molar refractivity (Wildman–Crippen MR) is 96.1 cm³/mol. The standard InChI is InChI=1S/C18H18N2OS/c1-3-12-20(13-4-2)18(21)19-17(22)16-11-7-9-14-8-5-6-10-15(14)16/h3-11H,1-2,12-13H2,(H,19,21,22). The maximum atomic E-state index is 12.3. The first-order valence-corrected chi connectivity index (χ1v) is 7.38. The minimum Gasteiger partial charge on any atom is -0.317 e. The number of benzene rings is 2. The average Bonchev–Trinajstić information content (AvgIpc) is 2.54. The lowest BCUT2D eigenvalue weighted by Crippen LogP contribution is -2.42. The molecule has 1 N–H and O–H groups in total. The van der Waals surface area contributed by atoms with Crippen molar-refractivity contribution in [3.63, 3.8) is 0 Å². The van der Waals surface area contributed by atoms with Gasteiger partial charge < -0.3 is 4.90 Å². The van der Waals surface area contributed by atoms with Crippen molar-refractivity contribution in [2.45, 2.75) is 0 Å². The lowest BCUT2D eigenvalue weighted by atomic mass is 10.0. The fourth-order valence-corrected chi connectivity index (χ4v) is 2.48. The SMILES string of the molecule is C=CCN(CC=C)C(=O)NC(=S)c1cccc2ccccc12. The van der Waals surface area contributed by atoms with Gasteiger partial charge in [0.05, 0.1) is 0 Å². The van der Waals surface area contributed by atoms with Gasteiger partial charge in [-0.25, -0.2) is 4.79 Å². The molecule has 0 saturated carbocycles. The number of amides is 2. The van der Waals surface area contributed by atoms with Crippen molar-refractivity contribution in [2.75, 3.05) is 13.1 Å². The second kappa shape index (κ2) is 7.52. The first-order valence-electron chi connectivity index (χ1n) is 6.97. The summed E-state index contributed by atoms with van der Waals surface area (Å²) >= 11 is 5.40. The molecular weight excluding hydrogens is 292 g/mol. The van der Waals surface area contributed by atoms with Crippen molar-refractivity contribution < 1.29 is 4.79 Å². The van der Waals surface area contributed by atoms with Crippen LogP contribution in [0.15, 0.2) is 67.8 Å². The summed E-state index contributed by atoms with van der Waals surface area (Å²) in [6.45, 7) is 8.19. The molecule has 2 aromatic carbocycles. The van der Waals surface area contributed by atoms with Crippen LogP contribution in [0.1, 0.15) is 5.56 Å². The Labute approximate surface area is 135 Å². The molecule has 22 heavy (non-hydrogen) atoms. The van der Waals surface area contributed by atoms with Crippen molar-refractivity contribution in [1.82, 2.24) is 10.2 Å². The second-order valence-electron chi connectivity index (χ2n) is 4.77. The van der Waals surface area contributed by atoms with E-state index in [9.17, 15) is 4.79 Å². The normalized spacial score (nSPS) is 10.0. The third-order valence-electron chi connectivity index (χ3n) is 3.24. The van der Waals surface area contributed by atoms with Crippen LogP contribution >= 0.6 is 12.2 Å². The fraction of sp³-hybridized carbons (Fsp3) is 0.111. The molecule has 0 aliphatic heterocycles. The largest absolute Gasteiger partial charge is 0.323 e. The summed E-state index contributed by atoms with van der Waals surface area (Å²) in [5.41, 5.74) is 0.846. The lowest BCUT2D eigenvalue weighted by molar-refractivity contribution is 0.213. The maximum Gasteiger partial charge on any atom is 0.323 e. The monoisotopic (exact) mass is 310 g/mol. The Bertz CT molecular complexity index is 709. The van der Waals surface area contributed by atoms with Crippen LogP contribution in [0.2, 0.25) is 0 Å². The lowest BCUT2D eigenvalue weighted by Gasteiger charge is -2.20. The Hall–Kier alpha value is -2.46. The molecule has 0 radical (unpaired) electrons. The third-order valence-corrected chi connectivity index (χ3v) is 3.56. The molecule has 3 nitrogen and oxygen atoms in total. The fourth-order valence-electron chi connectivity index (χ4n) is 2.22. The molecule has 0 aliphatic carbocycles. The smallest absolute Gasteiger partial charge is 0.317 e. The molecule has 0 fully saturated rings. The number of urea groups is 1. The summed E-state index contributed by atoms with van der Waals surface area (Å²) in [5, 5.41) is 4.89. The van der Waals surface area contributed by atoms with E-state index in [0.29, 0.717) is 18.1 Å². The summed E-state index contributed by atoms with van der Waals surface area (Å²) < 4.78 is 0. The van der Waals surface area contributed by atoms with Gasteiger partial charge in [-0.2, -0.15) is 0 Å². The number of nitrogens with zero attached hydrogens (tertiary/aromatic N) is 1. The van der Waals surface area contributed by atoms with E-state index in [1.165, 1.54) is 0 Å². The van der Waals surface area contributed by atoms with E-state index in [1.807, 2.05) is 42.5 Å². The van der Waals surface area contributed by atoms with Gasteiger partial charge >= 0.3 is 6.03 Å². The van der Waals surface area contributed by atoms with Crippen molar-refractivity contribution >= 4 is 34.0 Å². The Morgan fingerprint density at radius 2 is 1.73 bits per heavy atom. The quantitative estimate of drug-likeness (QED) is 0.671. The number of thiocarbonyl (C=S) groups is 1. The number of fused-ring (bicyclic) bond motifs is 1. The predicted octanol–water partition coefficient (Wildman–Crippen LogP) is 3.90. The summed E-state index contributed by atoms with van der Waals surface area (Å²) in [5.74, 6) is 0. The summed E-state index contributed by atoms with van der Waals surface area (Å²) in [4.78, 5) is 14.3.